The van der Waals surface area contributed by atoms with Crippen LogP contribution in [0.4, 0.5) is 0 Å². The van der Waals surface area contributed by atoms with Crippen molar-refractivity contribution in [2.45, 2.75) is 13.3 Å². The lowest BCUT2D eigenvalue weighted by Gasteiger charge is -2.22. The topological polar surface area (TPSA) is 115 Å². The van der Waals surface area contributed by atoms with Crippen LogP contribution in [0, 0.1) is 6.92 Å². The molecule has 112 valence electrons. The lowest BCUT2D eigenvalue weighted by molar-refractivity contribution is 0.0693. The lowest BCUT2D eigenvalue weighted by Crippen LogP contribution is -2.18. The normalized spacial score (nSPS) is 12.7. The van der Waals surface area contributed by atoms with Gasteiger partial charge < -0.3 is 20.4 Å². The van der Waals surface area contributed by atoms with E-state index in [1.807, 2.05) is 0 Å². The number of fused-ring (bicyclic) bond motifs is 2. The van der Waals surface area contributed by atoms with Crippen LogP contribution in [-0.2, 0) is 6.42 Å². The Labute approximate surface area is 124 Å². The van der Waals surface area contributed by atoms with Gasteiger partial charge in [-0.05, 0) is 36.1 Å². The van der Waals surface area contributed by atoms with E-state index in [0.717, 1.165) is 6.07 Å². The fourth-order valence-corrected chi connectivity index (χ4v) is 2.93. The molecule has 0 unspecified atom stereocenters. The third kappa shape index (κ3) is 1.81. The van der Waals surface area contributed by atoms with Crippen LogP contribution in [-0.4, -0.2) is 32.2 Å². The quantitative estimate of drug-likeness (QED) is 0.546. The predicted octanol–water partition coefficient (Wildman–Crippen LogP) is 1.95. The molecule has 2 aromatic rings. The van der Waals surface area contributed by atoms with Crippen molar-refractivity contribution in [3.05, 3.63) is 51.6 Å². The Morgan fingerprint density at radius 3 is 2.32 bits per heavy atom. The van der Waals surface area contributed by atoms with Crippen LogP contribution in [0.25, 0.3) is 0 Å². The maximum Gasteiger partial charge on any atom is 0.339 e. The summed E-state index contributed by atoms with van der Waals surface area (Å²) >= 11 is 0. The van der Waals surface area contributed by atoms with Gasteiger partial charge in [0.15, 0.2) is 0 Å². The van der Waals surface area contributed by atoms with Crippen molar-refractivity contribution < 1.29 is 30.0 Å². The number of rotatable bonds is 1. The van der Waals surface area contributed by atoms with Crippen LogP contribution in [0.5, 0.6) is 17.2 Å². The second-order valence-electron chi connectivity index (χ2n) is 5.26. The molecule has 0 saturated heterocycles. The van der Waals surface area contributed by atoms with Gasteiger partial charge >= 0.3 is 5.97 Å². The maximum absolute atomic E-state index is 12.6. The summed E-state index contributed by atoms with van der Waals surface area (Å²) in [5.74, 6) is -3.15. The monoisotopic (exact) mass is 300 g/mol. The van der Waals surface area contributed by atoms with Crippen molar-refractivity contribution >= 4 is 11.8 Å². The second kappa shape index (κ2) is 4.49. The molecular formula is C16H12O6. The summed E-state index contributed by atoms with van der Waals surface area (Å²) in [6, 6.07) is 3.93. The Bertz CT molecular complexity index is 850. The standard InChI is InChI=1S/C16H12O6/c1-6-2-7-3-8-4-9(17)5-10(18)12(8)15(20)13(7)14(19)11(6)16(21)22/h2,4-5,17-19H,3H2,1H3,(H,21,22). The van der Waals surface area contributed by atoms with Crippen LogP contribution < -0.4 is 0 Å². The first-order valence-corrected chi connectivity index (χ1v) is 6.49. The number of hydrogen-bond acceptors (Lipinski definition) is 5. The average Bonchev–Trinajstić information content (AvgIpc) is 2.35. The molecule has 6 nitrogen and oxygen atoms in total. The number of benzene rings is 2. The first kappa shape index (κ1) is 13.9. The Hall–Kier alpha value is -3.02. The number of aromatic carboxylic acids is 1. The van der Waals surface area contributed by atoms with Gasteiger partial charge in [-0.1, -0.05) is 6.07 Å². The minimum absolute atomic E-state index is 0.0270. The molecule has 0 aliphatic heterocycles. The fraction of sp³-hybridized carbons (Fsp3) is 0.125. The van der Waals surface area contributed by atoms with E-state index in [0.29, 0.717) is 16.7 Å². The number of ketones is 1. The van der Waals surface area contributed by atoms with E-state index < -0.39 is 23.3 Å². The minimum atomic E-state index is -1.33. The van der Waals surface area contributed by atoms with Crippen LogP contribution in [0.2, 0.25) is 0 Å². The van der Waals surface area contributed by atoms with Crippen LogP contribution in [0.15, 0.2) is 18.2 Å². The number of carboxylic acid groups (broad SMARTS) is 1. The number of aromatic hydroxyl groups is 3. The highest BCUT2D eigenvalue weighted by molar-refractivity contribution is 6.17. The molecule has 0 heterocycles. The van der Waals surface area contributed by atoms with Gasteiger partial charge in [0.25, 0.3) is 0 Å². The number of carboxylic acids is 1. The molecule has 0 spiro atoms. The van der Waals surface area contributed by atoms with Gasteiger partial charge in [-0.2, -0.15) is 0 Å². The molecule has 0 radical (unpaired) electrons. The average molecular weight is 300 g/mol. The van der Waals surface area contributed by atoms with Crippen LogP contribution in [0.1, 0.15) is 43.0 Å². The van der Waals surface area contributed by atoms with Crippen LogP contribution in [0.3, 0.4) is 0 Å². The van der Waals surface area contributed by atoms with E-state index in [9.17, 15) is 24.9 Å². The summed E-state index contributed by atoms with van der Waals surface area (Å²) in [4.78, 5) is 23.8. The fourth-order valence-electron chi connectivity index (χ4n) is 2.93. The van der Waals surface area contributed by atoms with E-state index >= 15 is 0 Å². The summed E-state index contributed by atoms with van der Waals surface area (Å²) in [6.45, 7) is 1.53. The van der Waals surface area contributed by atoms with E-state index in [4.69, 9.17) is 5.11 Å². The molecule has 3 rings (SSSR count). The van der Waals surface area contributed by atoms with Crippen molar-refractivity contribution in [2.24, 2.45) is 0 Å². The SMILES string of the molecule is Cc1cc2c(c(O)c1C(=O)O)C(=O)c1c(O)cc(O)cc1C2. The van der Waals surface area contributed by atoms with Gasteiger partial charge in [-0.25, -0.2) is 4.79 Å². The molecule has 0 saturated carbocycles. The third-order valence-corrected chi connectivity index (χ3v) is 3.81. The molecule has 0 bridgehead atoms. The van der Waals surface area contributed by atoms with E-state index in [-0.39, 0.29) is 28.9 Å². The van der Waals surface area contributed by atoms with Crippen molar-refractivity contribution in [1.82, 2.24) is 0 Å². The molecule has 4 N–H and O–H groups in total. The van der Waals surface area contributed by atoms with Gasteiger partial charge in [-0.15, -0.1) is 0 Å². The Morgan fingerprint density at radius 1 is 1.05 bits per heavy atom. The van der Waals surface area contributed by atoms with Gasteiger partial charge in [-0.3, -0.25) is 4.79 Å². The molecule has 0 fully saturated rings. The molecule has 2 aromatic carbocycles. The zero-order chi connectivity index (χ0) is 16.2. The predicted molar refractivity (Wildman–Crippen MR) is 75.8 cm³/mol. The molecule has 0 aromatic heterocycles. The highest BCUT2D eigenvalue weighted by Crippen LogP contribution is 2.40. The zero-order valence-electron chi connectivity index (χ0n) is 11.5. The van der Waals surface area contributed by atoms with E-state index in [2.05, 4.69) is 0 Å². The summed E-state index contributed by atoms with van der Waals surface area (Å²) in [5, 5.41) is 38.8. The van der Waals surface area contributed by atoms with Crippen molar-refractivity contribution in [1.29, 1.82) is 0 Å². The summed E-state index contributed by atoms with van der Waals surface area (Å²) in [6.07, 6.45) is 0.201. The largest absolute Gasteiger partial charge is 0.508 e. The Kier molecular flexibility index (Phi) is 2.84. The van der Waals surface area contributed by atoms with Gasteiger partial charge in [0.1, 0.15) is 22.8 Å². The third-order valence-electron chi connectivity index (χ3n) is 3.81. The van der Waals surface area contributed by atoms with E-state index in [1.54, 1.807) is 0 Å². The van der Waals surface area contributed by atoms with Gasteiger partial charge in [0, 0.05) is 6.07 Å². The number of carbonyl (C=O) groups is 2. The minimum Gasteiger partial charge on any atom is -0.508 e. The summed E-state index contributed by atoms with van der Waals surface area (Å²) in [5.41, 5.74) is 0.759. The molecular weight excluding hydrogens is 288 g/mol. The van der Waals surface area contributed by atoms with E-state index in [1.165, 1.54) is 19.1 Å². The summed E-state index contributed by atoms with van der Waals surface area (Å²) in [7, 11) is 0. The number of phenolic OH excluding ortho intramolecular Hbond substituents is 2. The Balaban J connectivity index is 2.31. The molecule has 6 heteroatoms. The molecule has 1 aliphatic carbocycles. The molecule has 22 heavy (non-hydrogen) atoms. The lowest BCUT2D eigenvalue weighted by atomic mass is 9.81. The first-order chi connectivity index (χ1) is 10.3. The maximum atomic E-state index is 12.6. The number of carbonyl (C=O) groups excluding carboxylic acids is 1. The van der Waals surface area contributed by atoms with Crippen molar-refractivity contribution in [3.8, 4) is 17.2 Å². The van der Waals surface area contributed by atoms with Crippen LogP contribution >= 0.6 is 0 Å². The Morgan fingerprint density at radius 2 is 1.68 bits per heavy atom. The molecule has 0 amide bonds. The number of phenols is 3. The van der Waals surface area contributed by atoms with Gasteiger partial charge in [0.2, 0.25) is 5.78 Å². The number of hydrogen-bond donors (Lipinski definition) is 4. The zero-order valence-corrected chi connectivity index (χ0v) is 11.5. The molecule has 0 atom stereocenters. The second-order valence-corrected chi connectivity index (χ2v) is 5.26. The van der Waals surface area contributed by atoms with Gasteiger partial charge in [0.05, 0.1) is 11.1 Å². The smallest absolute Gasteiger partial charge is 0.339 e. The first-order valence-electron chi connectivity index (χ1n) is 6.49. The molecule has 1 aliphatic rings. The highest BCUT2D eigenvalue weighted by atomic mass is 16.4. The summed E-state index contributed by atoms with van der Waals surface area (Å²) < 4.78 is 0. The van der Waals surface area contributed by atoms with Crippen molar-refractivity contribution in [2.75, 3.05) is 0 Å². The highest BCUT2D eigenvalue weighted by Gasteiger charge is 2.32. The number of aryl methyl sites for hydroxylation is 1. The van der Waals surface area contributed by atoms with Crippen molar-refractivity contribution in [3.63, 3.8) is 0 Å².